The monoisotopic (exact) mass is 325 g/mol. The number of unbranched alkanes of at least 4 members (excludes halogenated alkanes) is 7. The zero-order chi connectivity index (χ0) is 13.9. The lowest BCUT2D eigenvalue weighted by atomic mass is 10.1. The molecule has 1 aromatic carbocycles. The minimum atomic E-state index is 1.08. The van der Waals surface area contributed by atoms with Crippen LogP contribution in [0.3, 0.4) is 0 Å². The third-order valence-electron chi connectivity index (χ3n) is 3.47. The Bertz CT molecular complexity index is 349. The lowest BCUT2D eigenvalue weighted by Crippen LogP contribution is -2.02. The molecule has 1 aromatic rings. The summed E-state index contributed by atoms with van der Waals surface area (Å²) in [6.45, 7) is 5.47. The van der Waals surface area contributed by atoms with Gasteiger partial charge in [-0.15, -0.1) is 0 Å². The molecule has 1 rings (SSSR count). The standard InChI is InChI=1S/C17H28BrN/c1-3-4-5-6-7-8-9-10-13-19-17-12-11-15(2)14-16(17)18/h11-12,14,19H,3-10,13H2,1-2H3. The molecule has 0 unspecified atom stereocenters. The number of aryl methyl sites for hydroxylation is 1. The molecule has 0 saturated carbocycles. The van der Waals surface area contributed by atoms with Crippen LogP contribution < -0.4 is 5.32 Å². The molecule has 0 aromatic heterocycles. The molecule has 0 heterocycles. The molecule has 1 nitrogen and oxygen atoms in total. The first kappa shape index (κ1) is 16.6. The Balaban J connectivity index is 2.01. The van der Waals surface area contributed by atoms with Crippen LogP contribution in [0.4, 0.5) is 5.69 Å². The van der Waals surface area contributed by atoms with Crippen LogP contribution in [0.1, 0.15) is 63.9 Å². The minimum absolute atomic E-state index is 1.08. The van der Waals surface area contributed by atoms with Gasteiger partial charge in [-0.3, -0.25) is 0 Å². The van der Waals surface area contributed by atoms with Crippen molar-refractivity contribution in [1.82, 2.24) is 0 Å². The Morgan fingerprint density at radius 2 is 1.58 bits per heavy atom. The predicted molar refractivity (Wildman–Crippen MR) is 90.0 cm³/mol. The van der Waals surface area contributed by atoms with Gasteiger partial charge >= 0.3 is 0 Å². The number of halogens is 1. The van der Waals surface area contributed by atoms with E-state index in [0.717, 1.165) is 6.54 Å². The molecular weight excluding hydrogens is 298 g/mol. The molecule has 0 bridgehead atoms. The van der Waals surface area contributed by atoms with Gasteiger partial charge in [0.1, 0.15) is 0 Å². The second-order valence-electron chi connectivity index (χ2n) is 5.38. The molecule has 2 heteroatoms. The Labute approximate surface area is 127 Å². The molecule has 0 fully saturated rings. The highest BCUT2D eigenvalue weighted by atomic mass is 79.9. The van der Waals surface area contributed by atoms with Gasteiger partial charge in [0.15, 0.2) is 0 Å². The molecule has 108 valence electrons. The van der Waals surface area contributed by atoms with Crippen LogP contribution in [0.2, 0.25) is 0 Å². The van der Waals surface area contributed by atoms with Gasteiger partial charge in [0.2, 0.25) is 0 Å². The zero-order valence-electron chi connectivity index (χ0n) is 12.5. The van der Waals surface area contributed by atoms with Crippen molar-refractivity contribution in [1.29, 1.82) is 0 Å². The van der Waals surface area contributed by atoms with Crippen LogP contribution in [-0.4, -0.2) is 6.54 Å². The summed E-state index contributed by atoms with van der Waals surface area (Å²) in [6.07, 6.45) is 11.0. The number of anilines is 1. The van der Waals surface area contributed by atoms with E-state index in [9.17, 15) is 0 Å². The molecule has 0 spiro atoms. The van der Waals surface area contributed by atoms with Crippen LogP contribution >= 0.6 is 15.9 Å². The van der Waals surface area contributed by atoms with Crippen LogP contribution in [0, 0.1) is 6.92 Å². The van der Waals surface area contributed by atoms with Gasteiger partial charge in [-0.25, -0.2) is 0 Å². The third kappa shape index (κ3) is 7.61. The maximum Gasteiger partial charge on any atom is 0.0484 e. The highest BCUT2D eigenvalue weighted by molar-refractivity contribution is 9.10. The van der Waals surface area contributed by atoms with Gasteiger partial charge in [-0.05, 0) is 47.0 Å². The van der Waals surface area contributed by atoms with Gasteiger partial charge in [0.25, 0.3) is 0 Å². The summed E-state index contributed by atoms with van der Waals surface area (Å²) in [5.41, 5.74) is 2.51. The minimum Gasteiger partial charge on any atom is -0.384 e. The molecule has 0 radical (unpaired) electrons. The molecule has 0 aliphatic rings. The Kier molecular flexibility index (Phi) is 8.98. The maximum absolute atomic E-state index is 3.60. The summed E-state index contributed by atoms with van der Waals surface area (Å²) < 4.78 is 1.17. The van der Waals surface area contributed by atoms with E-state index in [2.05, 4.69) is 53.3 Å². The summed E-state index contributed by atoms with van der Waals surface area (Å²) >= 11 is 3.60. The first-order chi connectivity index (χ1) is 9.24. The third-order valence-corrected chi connectivity index (χ3v) is 4.13. The predicted octanol–water partition coefficient (Wildman–Crippen LogP) is 6.31. The summed E-state index contributed by atoms with van der Waals surface area (Å²) in [5, 5.41) is 3.50. The lowest BCUT2D eigenvalue weighted by Gasteiger charge is -2.09. The van der Waals surface area contributed by atoms with Crippen LogP contribution in [0.5, 0.6) is 0 Å². The molecular formula is C17H28BrN. The molecule has 1 N–H and O–H groups in total. The smallest absolute Gasteiger partial charge is 0.0484 e. The Hall–Kier alpha value is -0.500. The number of hydrogen-bond acceptors (Lipinski definition) is 1. The molecule has 0 aliphatic carbocycles. The van der Waals surface area contributed by atoms with Crippen molar-refractivity contribution in [2.24, 2.45) is 0 Å². The van der Waals surface area contributed by atoms with Crippen molar-refractivity contribution in [3.63, 3.8) is 0 Å². The molecule has 19 heavy (non-hydrogen) atoms. The second kappa shape index (κ2) is 10.3. The largest absolute Gasteiger partial charge is 0.384 e. The van der Waals surface area contributed by atoms with E-state index in [0.29, 0.717) is 0 Å². The highest BCUT2D eigenvalue weighted by Crippen LogP contribution is 2.23. The summed E-state index contributed by atoms with van der Waals surface area (Å²) in [4.78, 5) is 0. The molecule has 0 aliphatic heterocycles. The maximum atomic E-state index is 3.60. The lowest BCUT2D eigenvalue weighted by molar-refractivity contribution is 0.581. The van der Waals surface area contributed by atoms with E-state index in [4.69, 9.17) is 0 Å². The number of benzene rings is 1. The van der Waals surface area contributed by atoms with Gasteiger partial charge in [0.05, 0.1) is 0 Å². The summed E-state index contributed by atoms with van der Waals surface area (Å²) in [6, 6.07) is 6.47. The average molecular weight is 326 g/mol. The van der Waals surface area contributed by atoms with Crippen molar-refractivity contribution in [2.75, 3.05) is 11.9 Å². The fourth-order valence-electron chi connectivity index (χ4n) is 2.25. The number of nitrogens with one attached hydrogen (secondary N) is 1. The summed E-state index contributed by atoms with van der Waals surface area (Å²) in [5.74, 6) is 0. The molecule has 0 saturated heterocycles. The van der Waals surface area contributed by atoms with Crippen LogP contribution in [0.15, 0.2) is 22.7 Å². The van der Waals surface area contributed by atoms with Crippen LogP contribution in [0.25, 0.3) is 0 Å². The second-order valence-corrected chi connectivity index (χ2v) is 6.24. The molecule has 0 atom stereocenters. The molecule has 0 amide bonds. The first-order valence-electron chi connectivity index (χ1n) is 7.74. The number of hydrogen-bond donors (Lipinski definition) is 1. The quantitative estimate of drug-likeness (QED) is 0.497. The van der Waals surface area contributed by atoms with E-state index in [-0.39, 0.29) is 0 Å². The van der Waals surface area contributed by atoms with Gasteiger partial charge in [0, 0.05) is 16.7 Å². The first-order valence-corrected chi connectivity index (χ1v) is 8.53. The Morgan fingerprint density at radius 1 is 0.947 bits per heavy atom. The van der Waals surface area contributed by atoms with Crippen molar-refractivity contribution in [3.05, 3.63) is 28.2 Å². The SMILES string of the molecule is CCCCCCCCCCNc1ccc(C)cc1Br. The average Bonchev–Trinajstić information content (AvgIpc) is 2.39. The van der Waals surface area contributed by atoms with E-state index >= 15 is 0 Å². The normalized spacial score (nSPS) is 10.7. The van der Waals surface area contributed by atoms with E-state index in [1.807, 2.05) is 0 Å². The van der Waals surface area contributed by atoms with Gasteiger partial charge in [-0.2, -0.15) is 0 Å². The van der Waals surface area contributed by atoms with E-state index in [1.165, 1.54) is 67.1 Å². The van der Waals surface area contributed by atoms with Crippen molar-refractivity contribution < 1.29 is 0 Å². The van der Waals surface area contributed by atoms with Gasteiger partial charge < -0.3 is 5.32 Å². The van der Waals surface area contributed by atoms with Crippen LogP contribution in [-0.2, 0) is 0 Å². The summed E-state index contributed by atoms with van der Waals surface area (Å²) in [7, 11) is 0. The van der Waals surface area contributed by atoms with E-state index in [1.54, 1.807) is 0 Å². The fraction of sp³-hybridized carbons (Fsp3) is 0.647. The van der Waals surface area contributed by atoms with Crippen molar-refractivity contribution in [2.45, 2.75) is 65.2 Å². The fourth-order valence-corrected chi connectivity index (χ4v) is 2.88. The van der Waals surface area contributed by atoms with Crippen molar-refractivity contribution >= 4 is 21.6 Å². The van der Waals surface area contributed by atoms with E-state index < -0.39 is 0 Å². The number of rotatable bonds is 10. The topological polar surface area (TPSA) is 12.0 Å². The zero-order valence-corrected chi connectivity index (χ0v) is 14.1. The Morgan fingerprint density at radius 3 is 2.21 bits per heavy atom. The van der Waals surface area contributed by atoms with Crippen molar-refractivity contribution in [3.8, 4) is 0 Å². The highest BCUT2D eigenvalue weighted by Gasteiger charge is 1.98. The van der Waals surface area contributed by atoms with Gasteiger partial charge in [-0.1, -0.05) is 57.9 Å².